The van der Waals surface area contributed by atoms with E-state index in [1.54, 1.807) is 24.3 Å². The highest BCUT2D eigenvalue weighted by molar-refractivity contribution is 5.93. The van der Waals surface area contributed by atoms with E-state index in [4.69, 9.17) is 9.47 Å². The number of unbranched alkanes of at least 4 members (excludes halogenated alkanes) is 6. The van der Waals surface area contributed by atoms with Gasteiger partial charge in [0.1, 0.15) is 22.6 Å². The standard InChI is InChI=1S/C26H34O6/c1-3-5-7-9-15-31-23-17-19(11-13-21(23)25(27)28)20-12-14-22(26(29)30)24(18-20)32-16-10-8-6-4-2/h11-14,17-18H,3-10,15-16H2,1-2H3,(H,27,28)(H,29,30). The molecule has 0 amide bonds. The molecule has 0 bridgehead atoms. The van der Waals surface area contributed by atoms with Crippen molar-refractivity contribution in [2.75, 3.05) is 13.2 Å². The van der Waals surface area contributed by atoms with E-state index < -0.39 is 11.9 Å². The second kappa shape index (κ2) is 13.4. The van der Waals surface area contributed by atoms with Crippen molar-refractivity contribution in [3.05, 3.63) is 47.5 Å². The number of hydrogen-bond donors (Lipinski definition) is 2. The summed E-state index contributed by atoms with van der Waals surface area (Å²) < 4.78 is 11.6. The normalized spacial score (nSPS) is 10.7. The van der Waals surface area contributed by atoms with Gasteiger partial charge in [-0.3, -0.25) is 0 Å². The van der Waals surface area contributed by atoms with Crippen LogP contribution in [0.4, 0.5) is 0 Å². The van der Waals surface area contributed by atoms with Crippen LogP contribution >= 0.6 is 0 Å². The molecule has 2 N–H and O–H groups in total. The molecule has 0 fully saturated rings. The van der Waals surface area contributed by atoms with Crippen LogP contribution in [0.1, 0.15) is 85.9 Å². The predicted molar refractivity (Wildman–Crippen MR) is 125 cm³/mol. The van der Waals surface area contributed by atoms with Crippen molar-refractivity contribution in [1.82, 2.24) is 0 Å². The lowest BCUT2D eigenvalue weighted by molar-refractivity contribution is 0.0681. The van der Waals surface area contributed by atoms with Crippen LogP contribution in [0, 0.1) is 0 Å². The average molecular weight is 443 g/mol. The van der Waals surface area contributed by atoms with Crippen molar-refractivity contribution in [3.63, 3.8) is 0 Å². The van der Waals surface area contributed by atoms with Crippen molar-refractivity contribution >= 4 is 11.9 Å². The number of carbonyl (C=O) groups is 2. The molecule has 2 aromatic carbocycles. The van der Waals surface area contributed by atoms with E-state index in [1.165, 1.54) is 12.1 Å². The Morgan fingerprint density at radius 3 is 1.41 bits per heavy atom. The minimum Gasteiger partial charge on any atom is -0.493 e. The van der Waals surface area contributed by atoms with Crippen LogP contribution in [0.25, 0.3) is 11.1 Å². The minimum atomic E-state index is -1.04. The Morgan fingerprint density at radius 1 is 0.656 bits per heavy atom. The second-order valence-electron chi connectivity index (χ2n) is 7.85. The molecular formula is C26H34O6. The molecule has 0 radical (unpaired) electrons. The van der Waals surface area contributed by atoms with Crippen molar-refractivity contribution in [2.24, 2.45) is 0 Å². The van der Waals surface area contributed by atoms with E-state index in [0.29, 0.717) is 24.7 Å². The maximum Gasteiger partial charge on any atom is 0.339 e. The van der Waals surface area contributed by atoms with E-state index in [9.17, 15) is 19.8 Å². The third-order valence-electron chi connectivity index (χ3n) is 5.27. The zero-order valence-corrected chi connectivity index (χ0v) is 19.1. The zero-order valence-electron chi connectivity index (χ0n) is 19.1. The largest absolute Gasteiger partial charge is 0.493 e. The smallest absolute Gasteiger partial charge is 0.339 e. The summed E-state index contributed by atoms with van der Waals surface area (Å²) in [6, 6.07) is 9.85. The second-order valence-corrected chi connectivity index (χ2v) is 7.85. The first-order valence-corrected chi connectivity index (χ1v) is 11.5. The van der Waals surface area contributed by atoms with Crippen LogP contribution in [0.3, 0.4) is 0 Å². The summed E-state index contributed by atoms with van der Waals surface area (Å²) in [4.78, 5) is 23.2. The van der Waals surface area contributed by atoms with Gasteiger partial charge in [0.05, 0.1) is 13.2 Å². The number of ether oxygens (including phenoxy) is 2. The minimum absolute atomic E-state index is 0.110. The number of rotatable bonds is 15. The molecule has 0 spiro atoms. The van der Waals surface area contributed by atoms with E-state index in [2.05, 4.69) is 13.8 Å². The van der Waals surface area contributed by atoms with Gasteiger partial charge < -0.3 is 19.7 Å². The lowest BCUT2D eigenvalue weighted by Gasteiger charge is -2.14. The van der Waals surface area contributed by atoms with Gasteiger partial charge in [-0.05, 0) is 48.2 Å². The number of carboxylic acids is 2. The van der Waals surface area contributed by atoms with Gasteiger partial charge in [0, 0.05) is 0 Å². The van der Waals surface area contributed by atoms with E-state index in [1.807, 2.05) is 0 Å². The third kappa shape index (κ3) is 7.59. The molecule has 0 heterocycles. The van der Waals surface area contributed by atoms with Gasteiger partial charge in [-0.25, -0.2) is 9.59 Å². The first kappa shape index (κ1) is 25.2. The predicted octanol–water partition coefficient (Wildman–Crippen LogP) is 6.67. The molecule has 2 rings (SSSR count). The van der Waals surface area contributed by atoms with E-state index in [0.717, 1.165) is 62.5 Å². The average Bonchev–Trinajstić information content (AvgIpc) is 2.78. The summed E-state index contributed by atoms with van der Waals surface area (Å²) in [6.45, 7) is 5.17. The monoisotopic (exact) mass is 442 g/mol. The molecule has 6 heteroatoms. The molecule has 0 aliphatic rings. The fraction of sp³-hybridized carbons (Fsp3) is 0.462. The summed E-state index contributed by atoms with van der Waals surface area (Å²) in [5, 5.41) is 19.0. The molecule has 0 aliphatic carbocycles. The lowest BCUT2D eigenvalue weighted by atomic mass is 10.0. The Hall–Kier alpha value is -3.02. The molecule has 174 valence electrons. The molecule has 2 aromatic rings. The quantitative estimate of drug-likeness (QED) is 0.299. The SMILES string of the molecule is CCCCCCOc1cc(-c2ccc(C(=O)O)c(OCCCCCC)c2)ccc1C(=O)O. The molecule has 0 unspecified atom stereocenters. The molecule has 6 nitrogen and oxygen atoms in total. The maximum atomic E-state index is 11.6. The number of aromatic carboxylic acids is 2. The fourth-order valence-corrected chi connectivity index (χ4v) is 3.42. The zero-order chi connectivity index (χ0) is 23.3. The molecule has 0 saturated carbocycles. The molecule has 0 atom stereocenters. The molecule has 0 aliphatic heterocycles. The fourth-order valence-electron chi connectivity index (χ4n) is 3.42. The number of carboxylic acid groups (broad SMARTS) is 2. The summed E-state index contributed by atoms with van der Waals surface area (Å²) in [6.07, 6.45) is 8.26. The van der Waals surface area contributed by atoms with Crippen LogP contribution in [0.2, 0.25) is 0 Å². The van der Waals surface area contributed by atoms with Crippen molar-refractivity contribution < 1.29 is 29.3 Å². The summed E-state index contributed by atoms with van der Waals surface area (Å²) in [5.41, 5.74) is 1.70. The van der Waals surface area contributed by atoms with Crippen LogP contribution in [0.5, 0.6) is 11.5 Å². The Bertz CT molecular complexity index is 816. The third-order valence-corrected chi connectivity index (χ3v) is 5.27. The van der Waals surface area contributed by atoms with Gasteiger partial charge >= 0.3 is 11.9 Å². The Kier molecular flexibility index (Phi) is 10.6. The van der Waals surface area contributed by atoms with E-state index in [-0.39, 0.29) is 11.1 Å². The molecule has 0 aromatic heterocycles. The van der Waals surface area contributed by atoms with Crippen LogP contribution in [-0.4, -0.2) is 35.4 Å². The maximum absolute atomic E-state index is 11.6. The van der Waals surface area contributed by atoms with Crippen LogP contribution < -0.4 is 9.47 Å². The first-order valence-electron chi connectivity index (χ1n) is 11.5. The molecule has 32 heavy (non-hydrogen) atoms. The van der Waals surface area contributed by atoms with Crippen LogP contribution in [-0.2, 0) is 0 Å². The summed E-state index contributed by atoms with van der Waals surface area (Å²) >= 11 is 0. The van der Waals surface area contributed by atoms with Gasteiger partial charge in [0.25, 0.3) is 0 Å². The topological polar surface area (TPSA) is 93.1 Å². The van der Waals surface area contributed by atoms with Crippen molar-refractivity contribution in [3.8, 4) is 22.6 Å². The highest BCUT2D eigenvalue weighted by Crippen LogP contribution is 2.32. The van der Waals surface area contributed by atoms with Crippen LogP contribution in [0.15, 0.2) is 36.4 Å². The molecule has 0 saturated heterocycles. The lowest BCUT2D eigenvalue weighted by Crippen LogP contribution is -2.06. The van der Waals surface area contributed by atoms with Crippen molar-refractivity contribution in [2.45, 2.75) is 65.2 Å². The Balaban J connectivity index is 2.24. The Labute approximate surface area is 190 Å². The van der Waals surface area contributed by atoms with E-state index >= 15 is 0 Å². The Morgan fingerprint density at radius 2 is 1.06 bits per heavy atom. The molecular weight excluding hydrogens is 408 g/mol. The number of benzene rings is 2. The first-order chi connectivity index (χ1) is 15.5. The van der Waals surface area contributed by atoms with Gasteiger partial charge in [-0.2, -0.15) is 0 Å². The summed E-state index contributed by atoms with van der Waals surface area (Å²) in [5.74, 6) is -1.46. The van der Waals surface area contributed by atoms with Gasteiger partial charge in [-0.15, -0.1) is 0 Å². The van der Waals surface area contributed by atoms with Crippen molar-refractivity contribution in [1.29, 1.82) is 0 Å². The van der Waals surface area contributed by atoms with Gasteiger partial charge in [-0.1, -0.05) is 64.5 Å². The highest BCUT2D eigenvalue weighted by Gasteiger charge is 2.16. The summed E-state index contributed by atoms with van der Waals surface area (Å²) in [7, 11) is 0. The van der Waals surface area contributed by atoms with Gasteiger partial charge in [0.15, 0.2) is 0 Å². The number of hydrogen-bond acceptors (Lipinski definition) is 4. The van der Waals surface area contributed by atoms with Gasteiger partial charge in [0.2, 0.25) is 0 Å². The highest BCUT2D eigenvalue weighted by atomic mass is 16.5.